The van der Waals surface area contributed by atoms with Gasteiger partial charge in [-0.05, 0) is 31.4 Å². The number of carbonyl (C=O) groups is 1. The number of hydrogen-bond acceptors (Lipinski definition) is 3. The maximum absolute atomic E-state index is 11.8. The molecule has 1 fully saturated rings. The van der Waals surface area contributed by atoms with Crippen molar-refractivity contribution < 1.29 is 14.3 Å². The van der Waals surface area contributed by atoms with Gasteiger partial charge in [0.25, 0.3) is 5.44 Å². The van der Waals surface area contributed by atoms with Crippen molar-refractivity contribution in [1.29, 1.82) is 0 Å². The highest BCUT2D eigenvalue weighted by Gasteiger charge is 2.42. The highest BCUT2D eigenvalue weighted by molar-refractivity contribution is 7.97. The molecule has 2 atom stereocenters. The number of rotatable bonds is 3. The van der Waals surface area contributed by atoms with Crippen LogP contribution in [0.25, 0.3) is 10.8 Å². The minimum atomic E-state index is -0.542. The van der Waals surface area contributed by atoms with E-state index >= 15 is 0 Å². The lowest BCUT2D eigenvalue weighted by Gasteiger charge is -2.14. The highest BCUT2D eigenvalue weighted by atomic mass is 32.2. The Morgan fingerprint density at radius 1 is 1.18 bits per heavy atom. The first-order valence-corrected chi connectivity index (χ1v) is 9.15. The van der Waals surface area contributed by atoms with Gasteiger partial charge in [-0.2, -0.15) is 0 Å². The second-order valence-corrected chi connectivity index (χ2v) is 7.95. The van der Waals surface area contributed by atoms with Gasteiger partial charge in [-0.25, -0.2) is 4.79 Å². The van der Waals surface area contributed by atoms with Crippen molar-refractivity contribution in [3.8, 4) is 0 Å². The van der Waals surface area contributed by atoms with Crippen LogP contribution >= 0.6 is 0 Å². The predicted molar refractivity (Wildman–Crippen MR) is 90.2 cm³/mol. The average molecular weight is 317 g/mol. The van der Waals surface area contributed by atoms with Crippen LogP contribution < -0.4 is 0 Å². The molecule has 22 heavy (non-hydrogen) atoms. The normalized spacial score (nSPS) is 21.2. The van der Waals surface area contributed by atoms with E-state index in [0.717, 1.165) is 18.6 Å². The van der Waals surface area contributed by atoms with Crippen LogP contribution in [-0.2, 0) is 20.4 Å². The summed E-state index contributed by atoms with van der Waals surface area (Å²) in [6, 6.07) is 14.8. The molecular formula is C18H21O3S+. The Labute approximate surface area is 134 Å². The molecule has 0 N–H and O–H groups in total. The maximum Gasteiger partial charge on any atom is 0.512 e. The van der Waals surface area contributed by atoms with Gasteiger partial charge >= 0.3 is 6.16 Å². The molecule has 0 saturated carbocycles. The zero-order valence-corrected chi connectivity index (χ0v) is 13.8. The fourth-order valence-corrected chi connectivity index (χ4v) is 5.41. The molecular weight excluding hydrogens is 296 g/mol. The maximum atomic E-state index is 11.8. The summed E-state index contributed by atoms with van der Waals surface area (Å²) in [5.41, 5.74) is -0.0583. The fraction of sp³-hybridized carbons (Fsp3) is 0.389. The molecule has 1 aliphatic rings. The van der Waals surface area contributed by atoms with E-state index in [1.165, 1.54) is 15.7 Å². The number of fused-ring (bicyclic) bond motifs is 1. The molecule has 1 saturated heterocycles. The average Bonchev–Trinajstić information content (AvgIpc) is 2.93. The molecule has 0 bridgehead atoms. The van der Waals surface area contributed by atoms with E-state index in [4.69, 9.17) is 9.47 Å². The summed E-state index contributed by atoms with van der Waals surface area (Å²) in [5.74, 6) is 1.08. The van der Waals surface area contributed by atoms with E-state index in [2.05, 4.69) is 42.5 Å². The third-order valence-corrected chi connectivity index (χ3v) is 6.33. The summed E-state index contributed by atoms with van der Waals surface area (Å²) < 4.78 is 10.7. The zero-order valence-electron chi connectivity index (χ0n) is 13.0. The molecule has 4 heteroatoms. The Morgan fingerprint density at radius 2 is 1.95 bits per heavy atom. The van der Waals surface area contributed by atoms with Gasteiger partial charge in [0.1, 0.15) is 5.75 Å². The van der Waals surface area contributed by atoms with Crippen LogP contribution in [0.3, 0.4) is 0 Å². The Bertz CT molecular complexity index is 663. The molecule has 0 aromatic heterocycles. The van der Waals surface area contributed by atoms with Crippen LogP contribution in [-0.4, -0.2) is 23.4 Å². The van der Waals surface area contributed by atoms with Gasteiger partial charge in [-0.15, -0.1) is 0 Å². The van der Waals surface area contributed by atoms with Crippen LogP contribution in [0.5, 0.6) is 0 Å². The monoisotopic (exact) mass is 317 g/mol. The van der Waals surface area contributed by atoms with Crippen LogP contribution in [0.2, 0.25) is 0 Å². The first-order valence-electron chi connectivity index (χ1n) is 7.70. The van der Waals surface area contributed by atoms with Crippen molar-refractivity contribution in [2.75, 3.05) is 5.75 Å². The molecule has 1 aliphatic heterocycles. The van der Waals surface area contributed by atoms with E-state index in [9.17, 15) is 4.79 Å². The molecule has 2 unspecified atom stereocenters. The van der Waals surface area contributed by atoms with Crippen molar-refractivity contribution in [2.45, 2.75) is 43.1 Å². The molecule has 0 amide bonds. The lowest BCUT2D eigenvalue weighted by Crippen LogP contribution is -2.26. The van der Waals surface area contributed by atoms with Crippen molar-refractivity contribution >= 4 is 27.8 Å². The summed E-state index contributed by atoms with van der Waals surface area (Å²) in [7, 11) is -0.0615. The molecule has 0 aliphatic carbocycles. The predicted octanol–water partition coefficient (Wildman–Crippen LogP) is 4.50. The minimum Gasteiger partial charge on any atom is -0.431 e. The number of hydrogen-bond donors (Lipinski definition) is 0. The second kappa shape index (κ2) is 6.61. The Morgan fingerprint density at radius 3 is 2.77 bits per heavy atom. The summed E-state index contributed by atoms with van der Waals surface area (Å²) in [6.45, 7) is 3.67. The highest BCUT2D eigenvalue weighted by Crippen LogP contribution is 2.34. The van der Waals surface area contributed by atoms with E-state index < -0.39 is 6.16 Å². The first kappa shape index (κ1) is 15.2. The largest absolute Gasteiger partial charge is 0.512 e. The number of ether oxygens (including phenoxy) is 2. The number of benzene rings is 2. The number of carbonyl (C=O) groups excluding carboxylic acids is 1. The lowest BCUT2D eigenvalue weighted by atomic mass is 10.1. The molecule has 2 aromatic rings. The zero-order chi connectivity index (χ0) is 15.5. The van der Waals surface area contributed by atoms with Gasteiger partial charge in [-0.3, -0.25) is 0 Å². The third-order valence-electron chi connectivity index (χ3n) is 3.71. The molecule has 0 radical (unpaired) electrons. The van der Waals surface area contributed by atoms with Crippen molar-refractivity contribution in [1.82, 2.24) is 0 Å². The summed E-state index contributed by atoms with van der Waals surface area (Å²) in [5, 5.41) is 2.50. The molecule has 1 heterocycles. The minimum absolute atomic E-state index is 0.0583. The summed E-state index contributed by atoms with van der Waals surface area (Å²) in [6.07, 6.45) is 1.32. The van der Waals surface area contributed by atoms with Gasteiger partial charge in [0.05, 0.1) is 17.0 Å². The lowest BCUT2D eigenvalue weighted by molar-refractivity contribution is 0.0270. The van der Waals surface area contributed by atoms with Gasteiger partial charge in [0, 0.05) is 18.2 Å². The Hall–Kier alpha value is -1.68. The van der Waals surface area contributed by atoms with Crippen LogP contribution in [0.4, 0.5) is 4.79 Å². The quantitative estimate of drug-likeness (QED) is 0.617. The fourth-order valence-electron chi connectivity index (χ4n) is 2.80. The molecule has 116 valence electrons. The second-order valence-electron chi connectivity index (χ2n) is 5.72. The van der Waals surface area contributed by atoms with Gasteiger partial charge in [0.2, 0.25) is 0 Å². The Kier molecular flexibility index (Phi) is 4.57. The van der Waals surface area contributed by atoms with E-state index in [-0.39, 0.29) is 22.4 Å². The van der Waals surface area contributed by atoms with E-state index in [1.807, 2.05) is 13.8 Å². The third kappa shape index (κ3) is 3.22. The van der Waals surface area contributed by atoms with Crippen LogP contribution in [0.1, 0.15) is 26.7 Å². The van der Waals surface area contributed by atoms with Gasteiger partial charge in [-0.1, -0.05) is 30.3 Å². The van der Waals surface area contributed by atoms with Gasteiger partial charge < -0.3 is 9.47 Å². The SMILES string of the molecule is CC(C)OC(=O)OC1CCC[S+]1c1cccc2ccccc12. The van der Waals surface area contributed by atoms with Crippen LogP contribution in [0, 0.1) is 0 Å². The molecule has 3 nitrogen and oxygen atoms in total. The molecule has 0 spiro atoms. The standard InChI is InChI=1S/C18H21O3S/c1-13(2)20-18(19)21-17-11-6-12-22(17)16-10-5-8-14-7-3-4-9-15(14)16/h3-5,7-10,13,17H,6,11-12H2,1-2H3/q+1. The van der Waals surface area contributed by atoms with Crippen molar-refractivity contribution in [3.63, 3.8) is 0 Å². The smallest absolute Gasteiger partial charge is 0.431 e. The topological polar surface area (TPSA) is 35.5 Å². The Balaban J connectivity index is 1.84. The van der Waals surface area contributed by atoms with Crippen molar-refractivity contribution in [2.24, 2.45) is 0 Å². The van der Waals surface area contributed by atoms with E-state index in [1.54, 1.807) is 0 Å². The first-order chi connectivity index (χ1) is 10.6. The molecule has 2 aromatic carbocycles. The van der Waals surface area contributed by atoms with Crippen molar-refractivity contribution in [3.05, 3.63) is 42.5 Å². The molecule has 3 rings (SSSR count). The van der Waals surface area contributed by atoms with E-state index in [0.29, 0.717) is 0 Å². The van der Waals surface area contributed by atoms with Crippen LogP contribution in [0.15, 0.2) is 47.4 Å². The summed E-state index contributed by atoms with van der Waals surface area (Å²) >= 11 is 0. The van der Waals surface area contributed by atoms with Gasteiger partial charge in [0.15, 0.2) is 4.90 Å². The summed E-state index contributed by atoms with van der Waals surface area (Å²) in [4.78, 5) is 13.1.